The van der Waals surface area contributed by atoms with Crippen LogP contribution < -0.4 is 9.62 Å². The molecule has 0 aliphatic heterocycles. The van der Waals surface area contributed by atoms with Gasteiger partial charge in [0.15, 0.2) is 0 Å². The fraction of sp³-hybridized carbons (Fsp3) is 0.214. The summed E-state index contributed by atoms with van der Waals surface area (Å²) in [5, 5.41) is 2.96. The smallest absolute Gasteiger partial charge is 0.264 e. The van der Waals surface area contributed by atoms with Crippen LogP contribution in [0.4, 0.5) is 15.9 Å². The van der Waals surface area contributed by atoms with Gasteiger partial charge in [-0.2, -0.15) is 0 Å². The van der Waals surface area contributed by atoms with Crippen LogP contribution >= 0.6 is 0 Å². The SMILES string of the molecule is CCNc1cc(S(=O)(=O)N(C)c2ccc(F)cc2)ccn1. The Morgan fingerprint density at radius 3 is 2.52 bits per heavy atom. The van der Waals surface area contributed by atoms with E-state index in [4.69, 9.17) is 0 Å². The van der Waals surface area contributed by atoms with Crippen molar-refractivity contribution in [2.24, 2.45) is 0 Å². The van der Waals surface area contributed by atoms with Crippen molar-refractivity contribution >= 4 is 21.5 Å². The second-order valence-corrected chi connectivity index (χ2v) is 6.33. The minimum Gasteiger partial charge on any atom is -0.370 e. The molecule has 0 radical (unpaired) electrons. The molecule has 0 spiro atoms. The van der Waals surface area contributed by atoms with Crippen LogP contribution in [0.1, 0.15) is 6.92 Å². The minimum atomic E-state index is -3.71. The molecule has 7 heteroatoms. The first-order valence-electron chi connectivity index (χ1n) is 6.39. The highest BCUT2D eigenvalue weighted by Gasteiger charge is 2.21. The molecule has 0 amide bonds. The molecule has 21 heavy (non-hydrogen) atoms. The van der Waals surface area contributed by atoms with E-state index in [0.29, 0.717) is 18.1 Å². The molecule has 5 nitrogen and oxygen atoms in total. The van der Waals surface area contributed by atoms with Crippen LogP contribution in [0.3, 0.4) is 0 Å². The minimum absolute atomic E-state index is 0.125. The lowest BCUT2D eigenvalue weighted by molar-refractivity contribution is 0.594. The second kappa shape index (κ2) is 6.09. The second-order valence-electron chi connectivity index (χ2n) is 4.36. The normalized spacial score (nSPS) is 11.2. The zero-order chi connectivity index (χ0) is 15.5. The highest BCUT2D eigenvalue weighted by molar-refractivity contribution is 7.92. The van der Waals surface area contributed by atoms with Crippen LogP contribution in [0, 0.1) is 5.82 Å². The molecule has 0 atom stereocenters. The third-order valence-corrected chi connectivity index (χ3v) is 4.72. The molecule has 0 saturated carbocycles. The van der Waals surface area contributed by atoms with Crippen LogP contribution in [0.5, 0.6) is 0 Å². The molecular weight excluding hydrogens is 293 g/mol. The van der Waals surface area contributed by atoms with Crippen LogP contribution in [-0.2, 0) is 10.0 Å². The van der Waals surface area contributed by atoms with E-state index in [2.05, 4.69) is 10.3 Å². The van der Waals surface area contributed by atoms with Crippen LogP contribution in [0.25, 0.3) is 0 Å². The van der Waals surface area contributed by atoms with E-state index < -0.39 is 15.8 Å². The quantitative estimate of drug-likeness (QED) is 0.921. The van der Waals surface area contributed by atoms with Crippen molar-refractivity contribution in [2.45, 2.75) is 11.8 Å². The molecule has 1 aromatic heterocycles. The number of nitrogens with one attached hydrogen (secondary N) is 1. The van der Waals surface area contributed by atoms with Crippen molar-refractivity contribution in [3.63, 3.8) is 0 Å². The average Bonchev–Trinajstić information content (AvgIpc) is 2.48. The first-order valence-corrected chi connectivity index (χ1v) is 7.83. The van der Waals surface area contributed by atoms with Crippen molar-refractivity contribution in [3.8, 4) is 0 Å². The van der Waals surface area contributed by atoms with Crippen molar-refractivity contribution in [3.05, 3.63) is 48.4 Å². The van der Waals surface area contributed by atoms with Gasteiger partial charge in [-0.25, -0.2) is 17.8 Å². The summed E-state index contributed by atoms with van der Waals surface area (Å²) in [7, 11) is -2.29. The van der Waals surface area contributed by atoms with Crippen molar-refractivity contribution in [1.82, 2.24) is 4.98 Å². The van der Waals surface area contributed by atoms with Gasteiger partial charge in [0.2, 0.25) is 0 Å². The monoisotopic (exact) mass is 309 g/mol. The molecule has 0 unspecified atom stereocenters. The lowest BCUT2D eigenvalue weighted by atomic mass is 10.3. The topological polar surface area (TPSA) is 62.3 Å². The molecule has 0 bridgehead atoms. The van der Waals surface area contributed by atoms with E-state index >= 15 is 0 Å². The zero-order valence-corrected chi connectivity index (χ0v) is 12.6. The van der Waals surface area contributed by atoms with E-state index in [1.165, 1.54) is 49.6 Å². The number of halogens is 1. The summed E-state index contributed by atoms with van der Waals surface area (Å²) in [6, 6.07) is 8.17. The number of hydrogen-bond donors (Lipinski definition) is 1. The fourth-order valence-corrected chi connectivity index (χ4v) is 3.01. The molecule has 0 aliphatic carbocycles. The number of benzene rings is 1. The van der Waals surface area contributed by atoms with Crippen molar-refractivity contribution in [2.75, 3.05) is 23.2 Å². The summed E-state index contributed by atoms with van der Waals surface area (Å²) in [5.41, 5.74) is 0.387. The Balaban J connectivity index is 2.36. The van der Waals surface area contributed by atoms with Gasteiger partial charge in [0.05, 0.1) is 10.6 Å². The predicted octanol–water partition coefficient (Wildman–Crippen LogP) is 2.48. The largest absolute Gasteiger partial charge is 0.370 e. The third kappa shape index (κ3) is 3.30. The highest BCUT2D eigenvalue weighted by Crippen LogP contribution is 2.23. The van der Waals surface area contributed by atoms with Gasteiger partial charge in [-0.3, -0.25) is 4.31 Å². The standard InChI is InChI=1S/C14H16FN3O2S/c1-3-16-14-10-13(8-9-17-14)21(19,20)18(2)12-6-4-11(15)5-7-12/h4-10H,3H2,1-2H3,(H,16,17). The van der Waals surface area contributed by atoms with Gasteiger partial charge in [-0.15, -0.1) is 0 Å². The maximum absolute atomic E-state index is 12.9. The van der Waals surface area contributed by atoms with Crippen LogP contribution in [0.2, 0.25) is 0 Å². The summed E-state index contributed by atoms with van der Waals surface area (Å²) in [6.07, 6.45) is 1.43. The van der Waals surface area contributed by atoms with Gasteiger partial charge in [0.25, 0.3) is 10.0 Å². The van der Waals surface area contributed by atoms with Crippen LogP contribution in [0.15, 0.2) is 47.5 Å². The molecule has 2 aromatic rings. The van der Waals surface area contributed by atoms with Gasteiger partial charge in [-0.05, 0) is 37.3 Å². The highest BCUT2D eigenvalue weighted by atomic mass is 32.2. The number of rotatable bonds is 5. The Hall–Kier alpha value is -2.15. The number of hydrogen-bond acceptors (Lipinski definition) is 4. The number of nitrogens with zero attached hydrogens (tertiary/aromatic N) is 2. The summed E-state index contributed by atoms with van der Waals surface area (Å²) >= 11 is 0. The summed E-state index contributed by atoms with van der Waals surface area (Å²) in [4.78, 5) is 4.17. The van der Waals surface area contributed by atoms with Crippen molar-refractivity contribution < 1.29 is 12.8 Å². The van der Waals surface area contributed by atoms with Crippen LogP contribution in [-0.4, -0.2) is 27.0 Å². The van der Waals surface area contributed by atoms with Gasteiger partial charge in [-0.1, -0.05) is 0 Å². The lowest BCUT2D eigenvalue weighted by Gasteiger charge is -2.19. The molecule has 0 fully saturated rings. The molecule has 1 heterocycles. The molecule has 1 N–H and O–H groups in total. The molecule has 0 aliphatic rings. The van der Waals surface area contributed by atoms with E-state index in [1.54, 1.807) is 0 Å². The number of sulfonamides is 1. The van der Waals surface area contributed by atoms with Gasteiger partial charge in [0.1, 0.15) is 11.6 Å². The molecule has 2 rings (SSSR count). The summed E-state index contributed by atoms with van der Waals surface area (Å²) < 4.78 is 39.1. The molecule has 1 aromatic carbocycles. The Labute approximate surface area is 123 Å². The van der Waals surface area contributed by atoms with E-state index in [-0.39, 0.29) is 4.90 Å². The van der Waals surface area contributed by atoms with Gasteiger partial charge < -0.3 is 5.32 Å². The van der Waals surface area contributed by atoms with E-state index in [0.717, 1.165) is 4.31 Å². The van der Waals surface area contributed by atoms with E-state index in [9.17, 15) is 12.8 Å². The first kappa shape index (κ1) is 15.2. The molecular formula is C14H16FN3O2S. The number of pyridine rings is 1. The zero-order valence-electron chi connectivity index (χ0n) is 11.7. The Morgan fingerprint density at radius 2 is 1.90 bits per heavy atom. The summed E-state index contributed by atoms with van der Waals surface area (Å²) in [5.74, 6) is 0.0778. The fourth-order valence-electron chi connectivity index (χ4n) is 1.80. The number of aromatic nitrogens is 1. The van der Waals surface area contributed by atoms with Gasteiger partial charge in [0, 0.05) is 25.9 Å². The third-order valence-electron chi connectivity index (χ3n) is 2.94. The summed E-state index contributed by atoms with van der Waals surface area (Å²) in [6.45, 7) is 2.54. The maximum Gasteiger partial charge on any atom is 0.264 e. The molecule has 0 saturated heterocycles. The average molecular weight is 309 g/mol. The Bertz CT molecular complexity index is 717. The lowest BCUT2D eigenvalue weighted by Crippen LogP contribution is -2.26. The predicted molar refractivity (Wildman–Crippen MR) is 80.4 cm³/mol. The Morgan fingerprint density at radius 1 is 1.24 bits per heavy atom. The number of anilines is 2. The van der Waals surface area contributed by atoms with Crippen molar-refractivity contribution in [1.29, 1.82) is 0 Å². The Kier molecular flexibility index (Phi) is 4.42. The van der Waals surface area contributed by atoms with E-state index in [1.807, 2.05) is 6.92 Å². The van der Waals surface area contributed by atoms with Gasteiger partial charge >= 0.3 is 0 Å². The maximum atomic E-state index is 12.9. The molecule has 112 valence electrons. The first-order chi connectivity index (χ1) is 9.95.